The van der Waals surface area contributed by atoms with Gasteiger partial charge in [0.15, 0.2) is 0 Å². The standard InChI is InChI=1S/C14H13ClF2N2/c1-18-14(10-5-12(16)8-19-7-10)6-9-4-11(15)2-3-13(9)17/h2-5,7-8,14,18H,6H2,1H3. The second-order valence-corrected chi connectivity index (χ2v) is 4.65. The number of aromatic nitrogens is 1. The third kappa shape index (κ3) is 3.49. The molecule has 0 fully saturated rings. The summed E-state index contributed by atoms with van der Waals surface area (Å²) in [5.41, 5.74) is 1.15. The van der Waals surface area contributed by atoms with Gasteiger partial charge in [-0.1, -0.05) is 11.6 Å². The molecule has 0 radical (unpaired) electrons. The van der Waals surface area contributed by atoms with Crippen LogP contribution in [0.25, 0.3) is 0 Å². The summed E-state index contributed by atoms with van der Waals surface area (Å²) in [4.78, 5) is 3.80. The van der Waals surface area contributed by atoms with Crippen LogP contribution in [0.1, 0.15) is 17.2 Å². The average Bonchev–Trinajstić information content (AvgIpc) is 2.39. The highest BCUT2D eigenvalue weighted by molar-refractivity contribution is 6.30. The summed E-state index contributed by atoms with van der Waals surface area (Å²) in [6.07, 6.45) is 3.07. The van der Waals surface area contributed by atoms with Gasteiger partial charge < -0.3 is 5.32 Å². The summed E-state index contributed by atoms with van der Waals surface area (Å²) in [5, 5.41) is 3.50. The molecule has 0 aliphatic heterocycles. The Morgan fingerprint density at radius 3 is 2.74 bits per heavy atom. The summed E-state index contributed by atoms with van der Waals surface area (Å²) in [5.74, 6) is -0.738. The molecule has 19 heavy (non-hydrogen) atoms. The fraction of sp³-hybridized carbons (Fsp3) is 0.214. The number of likely N-dealkylation sites (N-methyl/N-ethyl adjacent to an activating group) is 1. The van der Waals surface area contributed by atoms with Crippen LogP contribution in [0.3, 0.4) is 0 Å². The Morgan fingerprint density at radius 2 is 2.05 bits per heavy atom. The van der Waals surface area contributed by atoms with Gasteiger partial charge in [-0.05, 0) is 48.9 Å². The van der Waals surface area contributed by atoms with Crippen LogP contribution in [0.2, 0.25) is 5.02 Å². The molecule has 1 atom stereocenters. The largest absolute Gasteiger partial charge is 0.313 e. The van der Waals surface area contributed by atoms with Gasteiger partial charge in [0.05, 0.1) is 6.20 Å². The highest BCUT2D eigenvalue weighted by atomic mass is 35.5. The van der Waals surface area contributed by atoms with Crippen molar-refractivity contribution in [2.45, 2.75) is 12.5 Å². The van der Waals surface area contributed by atoms with Crippen LogP contribution < -0.4 is 5.32 Å². The molecule has 0 amide bonds. The Morgan fingerprint density at radius 1 is 1.26 bits per heavy atom. The molecule has 0 aliphatic rings. The molecule has 1 N–H and O–H groups in total. The lowest BCUT2D eigenvalue weighted by atomic mass is 10.00. The van der Waals surface area contributed by atoms with Crippen LogP contribution in [0.4, 0.5) is 8.78 Å². The number of hydrogen-bond donors (Lipinski definition) is 1. The SMILES string of the molecule is CNC(Cc1cc(Cl)ccc1F)c1cncc(F)c1. The molecule has 2 aromatic rings. The van der Waals surface area contributed by atoms with Crippen LogP contribution in [0.15, 0.2) is 36.7 Å². The lowest BCUT2D eigenvalue weighted by Crippen LogP contribution is -2.19. The van der Waals surface area contributed by atoms with Gasteiger partial charge in [0.1, 0.15) is 11.6 Å². The fourth-order valence-electron chi connectivity index (χ4n) is 1.93. The second-order valence-electron chi connectivity index (χ2n) is 4.22. The molecule has 1 aromatic heterocycles. The topological polar surface area (TPSA) is 24.9 Å². The number of nitrogens with one attached hydrogen (secondary N) is 1. The van der Waals surface area contributed by atoms with Gasteiger partial charge in [0.25, 0.3) is 0 Å². The van der Waals surface area contributed by atoms with E-state index >= 15 is 0 Å². The predicted molar refractivity (Wildman–Crippen MR) is 71.1 cm³/mol. The number of nitrogens with zero attached hydrogens (tertiary/aromatic N) is 1. The van der Waals surface area contributed by atoms with Gasteiger partial charge >= 0.3 is 0 Å². The van der Waals surface area contributed by atoms with Crippen molar-refractivity contribution < 1.29 is 8.78 Å². The maximum absolute atomic E-state index is 13.7. The minimum atomic E-state index is -0.413. The fourth-order valence-corrected chi connectivity index (χ4v) is 2.12. The summed E-state index contributed by atoms with van der Waals surface area (Å²) in [6, 6.07) is 5.56. The monoisotopic (exact) mass is 282 g/mol. The molecule has 1 heterocycles. The molecule has 100 valence electrons. The molecule has 5 heteroatoms. The number of halogens is 3. The van der Waals surface area contributed by atoms with Gasteiger partial charge in [-0.25, -0.2) is 8.78 Å². The summed E-state index contributed by atoms with van der Waals surface area (Å²) < 4.78 is 26.8. The first-order chi connectivity index (χ1) is 9.10. The first-order valence-electron chi connectivity index (χ1n) is 5.82. The minimum absolute atomic E-state index is 0.226. The van der Waals surface area contributed by atoms with Crippen molar-refractivity contribution in [1.82, 2.24) is 10.3 Å². The lowest BCUT2D eigenvalue weighted by molar-refractivity contribution is 0.546. The highest BCUT2D eigenvalue weighted by Crippen LogP contribution is 2.22. The molecule has 0 saturated heterocycles. The van der Waals surface area contributed by atoms with E-state index in [4.69, 9.17) is 11.6 Å². The summed E-state index contributed by atoms with van der Waals surface area (Å²) in [7, 11) is 1.73. The molecule has 0 aliphatic carbocycles. The van der Waals surface area contributed by atoms with Gasteiger partial charge in [0, 0.05) is 17.3 Å². The third-order valence-electron chi connectivity index (χ3n) is 2.91. The Kier molecular flexibility index (Phi) is 4.45. The zero-order valence-electron chi connectivity index (χ0n) is 10.3. The van der Waals surface area contributed by atoms with E-state index in [1.54, 1.807) is 19.3 Å². The van der Waals surface area contributed by atoms with Gasteiger partial charge in [-0.15, -0.1) is 0 Å². The van der Waals surface area contributed by atoms with Crippen molar-refractivity contribution >= 4 is 11.6 Å². The molecule has 1 aromatic carbocycles. The third-order valence-corrected chi connectivity index (χ3v) is 3.14. The first-order valence-corrected chi connectivity index (χ1v) is 6.19. The van der Waals surface area contributed by atoms with Crippen molar-refractivity contribution in [1.29, 1.82) is 0 Å². The Bertz CT molecular complexity index is 575. The van der Waals surface area contributed by atoms with Crippen LogP contribution in [0, 0.1) is 11.6 Å². The van der Waals surface area contributed by atoms with Crippen molar-refractivity contribution in [2.24, 2.45) is 0 Å². The Labute approximate surface area is 115 Å². The molecular weight excluding hydrogens is 270 g/mol. The molecule has 0 bridgehead atoms. The number of pyridine rings is 1. The maximum Gasteiger partial charge on any atom is 0.141 e. The zero-order chi connectivity index (χ0) is 13.8. The molecule has 2 rings (SSSR count). The van der Waals surface area contributed by atoms with Crippen LogP contribution in [0.5, 0.6) is 0 Å². The minimum Gasteiger partial charge on any atom is -0.313 e. The van der Waals surface area contributed by atoms with E-state index in [1.165, 1.54) is 18.2 Å². The number of hydrogen-bond acceptors (Lipinski definition) is 2. The van der Waals surface area contributed by atoms with Gasteiger partial charge in [0.2, 0.25) is 0 Å². The predicted octanol–water partition coefficient (Wildman–Crippen LogP) is 3.52. The maximum atomic E-state index is 13.7. The van der Waals surface area contributed by atoms with E-state index in [0.29, 0.717) is 22.6 Å². The number of rotatable bonds is 4. The van der Waals surface area contributed by atoms with Crippen LogP contribution >= 0.6 is 11.6 Å². The Balaban J connectivity index is 2.26. The highest BCUT2D eigenvalue weighted by Gasteiger charge is 2.14. The summed E-state index contributed by atoms with van der Waals surface area (Å²) >= 11 is 5.86. The van der Waals surface area contributed by atoms with Crippen molar-refractivity contribution in [3.05, 3.63) is 64.4 Å². The first kappa shape index (κ1) is 13.9. The van der Waals surface area contributed by atoms with Crippen molar-refractivity contribution in [3.8, 4) is 0 Å². The zero-order valence-corrected chi connectivity index (χ0v) is 11.1. The smallest absolute Gasteiger partial charge is 0.141 e. The quantitative estimate of drug-likeness (QED) is 0.928. The Hall–Kier alpha value is -1.52. The van der Waals surface area contributed by atoms with E-state index in [0.717, 1.165) is 6.20 Å². The molecule has 0 saturated carbocycles. The molecule has 2 nitrogen and oxygen atoms in total. The van der Waals surface area contributed by atoms with E-state index < -0.39 is 5.82 Å². The van der Waals surface area contributed by atoms with Gasteiger partial charge in [-0.2, -0.15) is 0 Å². The average molecular weight is 283 g/mol. The van der Waals surface area contributed by atoms with E-state index in [1.807, 2.05) is 0 Å². The van der Waals surface area contributed by atoms with Gasteiger partial charge in [-0.3, -0.25) is 4.98 Å². The van der Waals surface area contributed by atoms with Crippen LogP contribution in [-0.2, 0) is 6.42 Å². The van der Waals surface area contributed by atoms with E-state index in [2.05, 4.69) is 10.3 Å². The van der Waals surface area contributed by atoms with E-state index in [-0.39, 0.29) is 11.9 Å². The molecule has 1 unspecified atom stereocenters. The van der Waals surface area contributed by atoms with Crippen molar-refractivity contribution in [2.75, 3.05) is 7.05 Å². The molecular formula is C14H13ClF2N2. The van der Waals surface area contributed by atoms with Crippen LogP contribution in [-0.4, -0.2) is 12.0 Å². The van der Waals surface area contributed by atoms with E-state index in [9.17, 15) is 8.78 Å². The summed E-state index contributed by atoms with van der Waals surface area (Å²) in [6.45, 7) is 0. The van der Waals surface area contributed by atoms with Crippen molar-refractivity contribution in [3.63, 3.8) is 0 Å². The second kappa shape index (κ2) is 6.08. The lowest BCUT2D eigenvalue weighted by Gasteiger charge is -2.17. The number of benzene rings is 1. The normalized spacial score (nSPS) is 12.4. The molecule has 0 spiro atoms.